The highest BCUT2D eigenvalue weighted by Gasteiger charge is 2.09. The number of para-hydroxylation sites is 1. The van der Waals surface area contributed by atoms with E-state index in [4.69, 9.17) is 0 Å². The van der Waals surface area contributed by atoms with Crippen LogP contribution >= 0.6 is 11.5 Å². The Bertz CT molecular complexity index is 705. The van der Waals surface area contributed by atoms with Crippen LogP contribution in [0.25, 0.3) is 22.4 Å². The van der Waals surface area contributed by atoms with Crippen molar-refractivity contribution in [3.8, 4) is 11.5 Å². The summed E-state index contributed by atoms with van der Waals surface area (Å²) in [6.07, 6.45) is 0. The maximum atomic E-state index is 4.59. The number of aromatic nitrogens is 3. The van der Waals surface area contributed by atoms with Crippen molar-refractivity contribution in [2.45, 2.75) is 19.9 Å². The van der Waals surface area contributed by atoms with Crippen molar-refractivity contribution in [3.05, 3.63) is 36.4 Å². The van der Waals surface area contributed by atoms with Gasteiger partial charge in [-0.05, 0) is 26.0 Å². The van der Waals surface area contributed by atoms with E-state index in [1.54, 1.807) is 0 Å². The highest BCUT2D eigenvalue weighted by atomic mass is 32.1. The molecule has 0 amide bonds. The van der Waals surface area contributed by atoms with Gasteiger partial charge in [-0.2, -0.15) is 9.36 Å². The maximum Gasteiger partial charge on any atom is 0.203 e. The van der Waals surface area contributed by atoms with Gasteiger partial charge >= 0.3 is 0 Å². The second-order valence-corrected chi connectivity index (χ2v) is 5.36. The summed E-state index contributed by atoms with van der Waals surface area (Å²) in [5, 5.41) is 5.21. The summed E-state index contributed by atoms with van der Waals surface area (Å²) in [6.45, 7) is 4.16. The summed E-state index contributed by atoms with van der Waals surface area (Å²) in [5.41, 5.74) is 1.78. The van der Waals surface area contributed by atoms with E-state index < -0.39 is 0 Å². The SMILES string of the molecule is CC(C)Nc1nc(-c2ccc3ccccc3n2)ns1. The molecule has 3 aromatic rings. The number of hydrogen-bond donors (Lipinski definition) is 1. The van der Waals surface area contributed by atoms with Crippen LogP contribution in [0, 0.1) is 0 Å². The fourth-order valence-corrected chi connectivity index (χ4v) is 2.55. The first-order valence-electron chi connectivity index (χ1n) is 6.19. The fraction of sp³-hybridized carbons (Fsp3) is 0.214. The van der Waals surface area contributed by atoms with Gasteiger partial charge in [-0.15, -0.1) is 0 Å². The highest BCUT2D eigenvalue weighted by molar-refractivity contribution is 7.09. The Morgan fingerprint density at radius 2 is 1.89 bits per heavy atom. The molecule has 0 aliphatic rings. The zero-order chi connectivity index (χ0) is 13.2. The molecule has 0 radical (unpaired) electrons. The molecule has 0 saturated carbocycles. The Hall–Kier alpha value is -2.01. The summed E-state index contributed by atoms with van der Waals surface area (Å²) < 4.78 is 4.35. The van der Waals surface area contributed by atoms with Crippen molar-refractivity contribution in [1.29, 1.82) is 0 Å². The van der Waals surface area contributed by atoms with Gasteiger partial charge in [-0.1, -0.05) is 24.3 Å². The smallest absolute Gasteiger partial charge is 0.203 e. The number of rotatable bonds is 3. The Kier molecular flexibility index (Phi) is 3.13. The van der Waals surface area contributed by atoms with E-state index in [9.17, 15) is 0 Å². The second-order valence-electron chi connectivity index (χ2n) is 4.61. The molecular formula is C14H14N4S. The normalized spacial score (nSPS) is 11.1. The van der Waals surface area contributed by atoms with Crippen molar-refractivity contribution in [3.63, 3.8) is 0 Å². The van der Waals surface area contributed by atoms with E-state index in [1.807, 2.05) is 36.4 Å². The van der Waals surface area contributed by atoms with Gasteiger partial charge in [0.1, 0.15) is 5.69 Å². The number of pyridine rings is 1. The molecule has 2 aromatic heterocycles. The van der Waals surface area contributed by atoms with Gasteiger partial charge < -0.3 is 5.32 Å². The molecule has 0 fully saturated rings. The topological polar surface area (TPSA) is 50.7 Å². The molecule has 5 heteroatoms. The van der Waals surface area contributed by atoms with Gasteiger partial charge in [0.25, 0.3) is 0 Å². The lowest BCUT2D eigenvalue weighted by atomic mass is 10.2. The average Bonchev–Trinajstić information content (AvgIpc) is 2.86. The molecule has 0 aliphatic heterocycles. The molecule has 96 valence electrons. The third kappa shape index (κ3) is 2.56. The molecular weight excluding hydrogens is 256 g/mol. The quantitative estimate of drug-likeness (QED) is 0.790. The first kappa shape index (κ1) is 12.0. The zero-order valence-corrected chi connectivity index (χ0v) is 11.6. The second kappa shape index (κ2) is 4.93. The predicted octanol–water partition coefficient (Wildman–Crippen LogP) is 3.57. The number of fused-ring (bicyclic) bond motifs is 1. The van der Waals surface area contributed by atoms with Crippen LogP contribution in [0.1, 0.15) is 13.8 Å². The van der Waals surface area contributed by atoms with Crippen LogP contribution in [0.4, 0.5) is 5.13 Å². The van der Waals surface area contributed by atoms with Crippen LogP contribution in [0.5, 0.6) is 0 Å². The van der Waals surface area contributed by atoms with Crippen LogP contribution in [0.2, 0.25) is 0 Å². The van der Waals surface area contributed by atoms with Gasteiger partial charge in [0, 0.05) is 23.0 Å². The molecule has 0 spiro atoms. The zero-order valence-electron chi connectivity index (χ0n) is 10.8. The average molecular weight is 270 g/mol. The third-order valence-corrected chi connectivity index (χ3v) is 3.31. The summed E-state index contributed by atoms with van der Waals surface area (Å²) in [7, 11) is 0. The molecule has 0 aliphatic carbocycles. The minimum absolute atomic E-state index is 0.352. The predicted molar refractivity (Wildman–Crippen MR) is 79.4 cm³/mol. The Labute approximate surface area is 115 Å². The molecule has 1 N–H and O–H groups in total. The molecule has 0 atom stereocenters. The van der Waals surface area contributed by atoms with Gasteiger partial charge in [0.2, 0.25) is 5.13 Å². The molecule has 0 saturated heterocycles. The minimum atomic E-state index is 0.352. The lowest BCUT2D eigenvalue weighted by Gasteiger charge is -2.03. The number of nitrogens with one attached hydrogen (secondary N) is 1. The molecule has 3 rings (SSSR count). The Morgan fingerprint density at radius 3 is 2.74 bits per heavy atom. The lowest BCUT2D eigenvalue weighted by molar-refractivity contribution is 0.896. The van der Waals surface area contributed by atoms with Crippen LogP contribution in [-0.4, -0.2) is 20.4 Å². The molecule has 2 heterocycles. The first-order chi connectivity index (χ1) is 9.22. The number of benzene rings is 1. The van der Waals surface area contributed by atoms with E-state index in [1.165, 1.54) is 11.5 Å². The van der Waals surface area contributed by atoms with Crippen LogP contribution in [0.15, 0.2) is 36.4 Å². The molecule has 0 bridgehead atoms. The van der Waals surface area contributed by atoms with Gasteiger partial charge in [-0.25, -0.2) is 4.98 Å². The largest absolute Gasteiger partial charge is 0.358 e. The van der Waals surface area contributed by atoms with Crippen molar-refractivity contribution < 1.29 is 0 Å². The minimum Gasteiger partial charge on any atom is -0.358 e. The van der Waals surface area contributed by atoms with Gasteiger partial charge in [-0.3, -0.25) is 0 Å². The van der Waals surface area contributed by atoms with E-state index in [0.29, 0.717) is 11.9 Å². The Morgan fingerprint density at radius 1 is 1.05 bits per heavy atom. The summed E-state index contributed by atoms with van der Waals surface area (Å²) in [4.78, 5) is 9.05. The lowest BCUT2D eigenvalue weighted by Crippen LogP contribution is -2.09. The summed E-state index contributed by atoms with van der Waals surface area (Å²) >= 11 is 1.37. The van der Waals surface area contributed by atoms with Crippen molar-refractivity contribution >= 4 is 27.6 Å². The van der Waals surface area contributed by atoms with Gasteiger partial charge in [0.15, 0.2) is 5.82 Å². The maximum absolute atomic E-state index is 4.59. The van der Waals surface area contributed by atoms with Crippen LogP contribution < -0.4 is 5.32 Å². The van der Waals surface area contributed by atoms with Crippen molar-refractivity contribution in [1.82, 2.24) is 14.3 Å². The van der Waals surface area contributed by atoms with Crippen molar-refractivity contribution in [2.75, 3.05) is 5.32 Å². The molecule has 4 nitrogen and oxygen atoms in total. The van der Waals surface area contributed by atoms with E-state index in [-0.39, 0.29) is 0 Å². The number of hydrogen-bond acceptors (Lipinski definition) is 5. The number of nitrogens with zero attached hydrogens (tertiary/aromatic N) is 3. The Balaban J connectivity index is 1.97. The summed E-state index contributed by atoms with van der Waals surface area (Å²) in [5.74, 6) is 0.680. The third-order valence-electron chi connectivity index (χ3n) is 2.67. The number of anilines is 1. The molecule has 0 unspecified atom stereocenters. The monoisotopic (exact) mass is 270 g/mol. The fourth-order valence-electron chi connectivity index (χ4n) is 1.82. The highest BCUT2D eigenvalue weighted by Crippen LogP contribution is 2.22. The van der Waals surface area contributed by atoms with Crippen LogP contribution in [-0.2, 0) is 0 Å². The first-order valence-corrected chi connectivity index (χ1v) is 6.96. The van der Waals surface area contributed by atoms with E-state index in [0.717, 1.165) is 21.7 Å². The molecule has 19 heavy (non-hydrogen) atoms. The van der Waals surface area contributed by atoms with E-state index >= 15 is 0 Å². The van der Waals surface area contributed by atoms with Crippen molar-refractivity contribution in [2.24, 2.45) is 0 Å². The summed E-state index contributed by atoms with van der Waals surface area (Å²) in [6, 6.07) is 12.4. The standard InChI is InChI=1S/C14H14N4S/c1-9(2)15-14-17-13(18-19-14)12-8-7-10-5-3-4-6-11(10)16-12/h3-9H,1-2H3,(H,15,17,18). The van der Waals surface area contributed by atoms with Gasteiger partial charge in [0.05, 0.1) is 5.52 Å². The van der Waals surface area contributed by atoms with E-state index in [2.05, 4.69) is 33.5 Å². The molecule has 1 aromatic carbocycles. The van der Waals surface area contributed by atoms with Crippen LogP contribution in [0.3, 0.4) is 0 Å².